The second-order valence-corrected chi connectivity index (χ2v) is 8.47. The van der Waals surface area contributed by atoms with Gasteiger partial charge in [0, 0.05) is 31.5 Å². The highest BCUT2D eigenvalue weighted by molar-refractivity contribution is 7.19. The lowest BCUT2D eigenvalue weighted by atomic mass is 9.96. The van der Waals surface area contributed by atoms with E-state index >= 15 is 0 Å². The Balaban J connectivity index is 1.70. The molecule has 3 aromatic carbocycles. The van der Waals surface area contributed by atoms with Crippen LogP contribution in [0.5, 0.6) is 0 Å². The maximum Gasteiger partial charge on any atom is 0.160 e. The summed E-state index contributed by atoms with van der Waals surface area (Å²) in [5.74, 6) is 0.774. The average Bonchev–Trinajstić information content (AvgIpc) is 3.18. The van der Waals surface area contributed by atoms with Crippen molar-refractivity contribution in [2.75, 3.05) is 0 Å². The topological polar surface area (TPSA) is 25.8 Å². The highest BCUT2D eigenvalue weighted by Crippen LogP contribution is 2.42. The van der Waals surface area contributed by atoms with Gasteiger partial charge in [-0.05, 0) is 30.5 Å². The zero-order valence-corrected chi connectivity index (χ0v) is 16.6. The van der Waals surface area contributed by atoms with E-state index in [2.05, 4.69) is 60.7 Å². The summed E-state index contributed by atoms with van der Waals surface area (Å²) < 4.78 is 1.34. The van der Waals surface area contributed by atoms with E-state index in [4.69, 9.17) is 9.97 Å². The molecular weight excluding hydrogens is 372 g/mol. The van der Waals surface area contributed by atoms with E-state index in [-0.39, 0.29) is 0 Å². The summed E-state index contributed by atoms with van der Waals surface area (Å²) in [7, 11) is 0. The molecule has 0 fully saturated rings. The molecule has 2 heterocycles. The number of para-hydroxylation sites is 1. The summed E-state index contributed by atoms with van der Waals surface area (Å²) in [5.41, 5.74) is 5.60. The number of nitrogens with zero attached hydrogens (tertiary/aromatic N) is 2. The molecule has 6 rings (SSSR count). The lowest BCUT2D eigenvalue weighted by Crippen LogP contribution is -1.96. The fourth-order valence-electron chi connectivity index (χ4n) is 4.19. The summed E-state index contributed by atoms with van der Waals surface area (Å²) in [6, 6.07) is 25.2. The van der Waals surface area contributed by atoms with Crippen LogP contribution in [0.3, 0.4) is 0 Å². The first-order valence-electron chi connectivity index (χ1n) is 9.92. The summed E-state index contributed by atoms with van der Waals surface area (Å²) in [6.45, 7) is 0. The van der Waals surface area contributed by atoms with Crippen LogP contribution in [-0.2, 0) is 6.42 Å². The minimum atomic E-state index is 0.774. The Morgan fingerprint density at radius 3 is 2.59 bits per heavy atom. The third kappa shape index (κ3) is 2.70. The van der Waals surface area contributed by atoms with Gasteiger partial charge < -0.3 is 0 Å². The fourth-order valence-corrected chi connectivity index (χ4v) is 5.43. The molecular formula is C26H18N2S. The number of allylic oxidation sites excluding steroid dienone is 1. The first kappa shape index (κ1) is 16.6. The number of hydrogen-bond acceptors (Lipinski definition) is 3. The Kier molecular flexibility index (Phi) is 3.81. The van der Waals surface area contributed by atoms with Crippen LogP contribution in [0, 0.1) is 0 Å². The Morgan fingerprint density at radius 2 is 1.66 bits per heavy atom. The molecule has 2 nitrogen and oxygen atoms in total. The number of benzene rings is 3. The van der Waals surface area contributed by atoms with Crippen molar-refractivity contribution in [3.63, 3.8) is 0 Å². The molecule has 2 aromatic heterocycles. The van der Waals surface area contributed by atoms with Crippen LogP contribution in [0.2, 0.25) is 0 Å². The minimum absolute atomic E-state index is 0.774. The summed E-state index contributed by atoms with van der Waals surface area (Å²) in [6.07, 6.45) is 6.84. The Bertz CT molecular complexity index is 1400. The zero-order chi connectivity index (χ0) is 19.2. The molecule has 0 bridgehead atoms. The van der Waals surface area contributed by atoms with Crippen LogP contribution in [-0.4, -0.2) is 9.97 Å². The molecule has 1 aliphatic rings. The van der Waals surface area contributed by atoms with Gasteiger partial charge in [0.1, 0.15) is 0 Å². The van der Waals surface area contributed by atoms with Crippen molar-refractivity contribution in [3.8, 4) is 22.6 Å². The molecule has 0 saturated carbocycles. The lowest BCUT2D eigenvalue weighted by molar-refractivity contribution is 1.02. The van der Waals surface area contributed by atoms with Gasteiger partial charge in [-0.25, -0.2) is 9.97 Å². The maximum atomic E-state index is 5.09. The Labute approximate surface area is 173 Å². The maximum absolute atomic E-state index is 5.09. The van der Waals surface area contributed by atoms with Gasteiger partial charge in [-0.3, -0.25) is 0 Å². The van der Waals surface area contributed by atoms with E-state index in [9.17, 15) is 0 Å². The lowest BCUT2D eigenvalue weighted by Gasteiger charge is -2.12. The molecule has 0 amide bonds. The third-order valence-corrected chi connectivity index (χ3v) is 6.77. The van der Waals surface area contributed by atoms with Gasteiger partial charge in [-0.15, -0.1) is 11.3 Å². The molecule has 0 radical (unpaired) electrons. The number of fused-ring (bicyclic) bond motifs is 4. The van der Waals surface area contributed by atoms with Crippen molar-refractivity contribution < 1.29 is 0 Å². The largest absolute Gasteiger partial charge is 0.228 e. The molecule has 0 spiro atoms. The monoisotopic (exact) mass is 390 g/mol. The quantitative estimate of drug-likeness (QED) is 0.320. The average molecular weight is 391 g/mol. The Morgan fingerprint density at radius 1 is 0.793 bits per heavy atom. The van der Waals surface area contributed by atoms with Gasteiger partial charge >= 0.3 is 0 Å². The predicted molar refractivity (Wildman–Crippen MR) is 123 cm³/mol. The first-order chi connectivity index (χ1) is 14.4. The molecule has 0 saturated heterocycles. The van der Waals surface area contributed by atoms with E-state index in [0.717, 1.165) is 40.8 Å². The molecule has 0 atom stereocenters. The summed E-state index contributed by atoms with van der Waals surface area (Å²) in [4.78, 5) is 11.4. The SMILES string of the molecule is C1=Cc2c(sc3cccc(-c4nc(-c5ccccc5)nc5ccccc45)c23)CC1. The predicted octanol–water partition coefficient (Wildman–Crippen LogP) is 7.14. The van der Waals surface area contributed by atoms with E-state index < -0.39 is 0 Å². The third-order valence-electron chi connectivity index (χ3n) is 5.54. The highest BCUT2D eigenvalue weighted by Gasteiger charge is 2.19. The normalized spacial score (nSPS) is 13.1. The van der Waals surface area contributed by atoms with Gasteiger partial charge in [0.2, 0.25) is 0 Å². The van der Waals surface area contributed by atoms with Crippen LogP contribution in [0.1, 0.15) is 16.9 Å². The minimum Gasteiger partial charge on any atom is -0.228 e. The molecule has 29 heavy (non-hydrogen) atoms. The number of aryl methyl sites for hydroxylation is 1. The molecule has 138 valence electrons. The zero-order valence-electron chi connectivity index (χ0n) is 15.8. The van der Waals surface area contributed by atoms with Crippen molar-refractivity contribution in [1.82, 2.24) is 9.97 Å². The number of hydrogen-bond donors (Lipinski definition) is 0. The summed E-state index contributed by atoms with van der Waals surface area (Å²) >= 11 is 1.92. The second kappa shape index (κ2) is 6.64. The first-order valence-corrected chi connectivity index (χ1v) is 10.7. The molecule has 3 heteroatoms. The molecule has 0 unspecified atom stereocenters. The van der Waals surface area contributed by atoms with Gasteiger partial charge in [0.05, 0.1) is 11.2 Å². The summed E-state index contributed by atoms with van der Waals surface area (Å²) in [5, 5.41) is 2.42. The fraction of sp³-hybridized carbons (Fsp3) is 0.0769. The number of thiophene rings is 1. The smallest absolute Gasteiger partial charge is 0.160 e. The van der Waals surface area contributed by atoms with Crippen LogP contribution in [0.25, 0.3) is 49.7 Å². The van der Waals surface area contributed by atoms with Gasteiger partial charge in [-0.1, -0.05) is 72.8 Å². The second-order valence-electron chi connectivity index (χ2n) is 7.34. The van der Waals surface area contributed by atoms with Crippen molar-refractivity contribution in [3.05, 3.63) is 89.3 Å². The van der Waals surface area contributed by atoms with Gasteiger partial charge in [-0.2, -0.15) is 0 Å². The highest BCUT2D eigenvalue weighted by atomic mass is 32.1. The standard InChI is InChI=1S/C26H18N2S/c1-2-9-17(10-3-1)26-27-21-14-6-4-11-18(21)25(28-26)20-13-8-16-23-24(20)19-12-5-7-15-22(19)29-23/h1-6,8-14,16H,7,15H2. The van der Waals surface area contributed by atoms with E-state index in [0.29, 0.717) is 0 Å². The van der Waals surface area contributed by atoms with Crippen LogP contribution >= 0.6 is 11.3 Å². The van der Waals surface area contributed by atoms with Crippen LogP contribution in [0.4, 0.5) is 0 Å². The number of aromatic nitrogens is 2. The van der Waals surface area contributed by atoms with Crippen molar-refractivity contribution in [1.29, 1.82) is 0 Å². The molecule has 0 aliphatic heterocycles. The van der Waals surface area contributed by atoms with Crippen molar-refractivity contribution in [2.45, 2.75) is 12.8 Å². The van der Waals surface area contributed by atoms with Gasteiger partial charge in [0.15, 0.2) is 5.82 Å². The van der Waals surface area contributed by atoms with Crippen LogP contribution in [0.15, 0.2) is 78.9 Å². The van der Waals surface area contributed by atoms with Crippen molar-refractivity contribution >= 4 is 38.4 Å². The molecule has 5 aromatic rings. The van der Waals surface area contributed by atoms with E-state index in [1.54, 1.807) is 0 Å². The Hall–Kier alpha value is -3.30. The van der Waals surface area contributed by atoms with Gasteiger partial charge in [0.25, 0.3) is 0 Å². The molecule has 1 aliphatic carbocycles. The van der Waals surface area contributed by atoms with E-state index in [1.165, 1.54) is 26.1 Å². The number of rotatable bonds is 2. The molecule has 0 N–H and O–H groups in total. The van der Waals surface area contributed by atoms with Crippen LogP contribution < -0.4 is 0 Å². The van der Waals surface area contributed by atoms with Crippen molar-refractivity contribution in [2.24, 2.45) is 0 Å². The van der Waals surface area contributed by atoms with E-state index in [1.807, 2.05) is 35.6 Å².